The Morgan fingerprint density at radius 1 is 1.00 bits per heavy atom. The summed E-state index contributed by atoms with van der Waals surface area (Å²) in [5.41, 5.74) is 0.183. The van der Waals surface area contributed by atoms with Crippen molar-refractivity contribution in [1.82, 2.24) is 0 Å². The summed E-state index contributed by atoms with van der Waals surface area (Å²) < 4.78 is 0. The first kappa shape index (κ1) is 11.0. The summed E-state index contributed by atoms with van der Waals surface area (Å²) in [6.45, 7) is 0. The van der Waals surface area contributed by atoms with Gasteiger partial charge in [-0.05, 0) is 50.4 Å². The van der Waals surface area contributed by atoms with Gasteiger partial charge in [-0.15, -0.1) is 12.3 Å². The Balaban J connectivity index is 1.88. The molecule has 0 saturated heterocycles. The summed E-state index contributed by atoms with van der Waals surface area (Å²) in [5.74, 6) is 2.64. The molecule has 0 aliphatic heterocycles. The molecule has 84 valence electrons. The second-order valence-electron chi connectivity index (χ2n) is 5.64. The second-order valence-corrected chi connectivity index (χ2v) is 5.64. The molecule has 0 aromatic heterocycles. The lowest BCUT2D eigenvalue weighted by atomic mass is 9.67. The van der Waals surface area contributed by atoms with E-state index in [4.69, 9.17) is 6.42 Å². The molecule has 0 aromatic rings. The quantitative estimate of drug-likeness (QED) is 0.687. The van der Waals surface area contributed by atoms with Gasteiger partial charge in [0.05, 0.1) is 5.60 Å². The fraction of sp³-hybridized carbons (Fsp3) is 0.857. The largest absolute Gasteiger partial charge is 0.390 e. The van der Waals surface area contributed by atoms with Crippen molar-refractivity contribution in [2.24, 2.45) is 5.41 Å². The van der Waals surface area contributed by atoms with Gasteiger partial charge in [0.2, 0.25) is 0 Å². The van der Waals surface area contributed by atoms with Crippen LogP contribution in [0.4, 0.5) is 0 Å². The van der Waals surface area contributed by atoms with E-state index in [-0.39, 0.29) is 0 Å². The zero-order chi connectivity index (χ0) is 10.8. The average molecular weight is 206 g/mol. The molecule has 2 aliphatic rings. The Hall–Kier alpha value is -0.480. The minimum Gasteiger partial charge on any atom is -0.390 e. The first-order valence-electron chi connectivity index (χ1n) is 6.34. The summed E-state index contributed by atoms with van der Waals surface area (Å²) >= 11 is 0. The van der Waals surface area contributed by atoms with Crippen LogP contribution in [0.5, 0.6) is 0 Å². The molecule has 2 rings (SSSR count). The fourth-order valence-electron chi connectivity index (χ4n) is 3.43. The van der Waals surface area contributed by atoms with Gasteiger partial charge in [-0.1, -0.05) is 12.8 Å². The summed E-state index contributed by atoms with van der Waals surface area (Å²) in [5, 5.41) is 10.4. The van der Waals surface area contributed by atoms with E-state index in [1.165, 1.54) is 38.5 Å². The standard InChI is InChI=1S/C14H22O/c1-2-3-8-14(15)11-9-13(10-12-14)6-4-5-7-13/h1,15H,3-12H2. The van der Waals surface area contributed by atoms with Crippen LogP contribution < -0.4 is 0 Å². The highest BCUT2D eigenvalue weighted by Gasteiger charge is 2.42. The zero-order valence-corrected chi connectivity index (χ0v) is 9.60. The molecule has 2 fully saturated rings. The van der Waals surface area contributed by atoms with Crippen LogP contribution in [0.15, 0.2) is 0 Å². The van der Waals surface area contributed by atoms with E-state index in [0.29, 0.717) is 5.41 Å². The molecule has 1 N–H and O–H groups in total. The van der Waals surface area contributed by atoms with Crippen LogP contribution in [0.25, 0.3) is 0 Å². The van der Waals surface area contributed by atoms with E-state index < -0.39 is 5.60 Å². The minimum atomic E-state index is -0.430. The molecule has 0 bridgehead atoms. The first-order valence-corrected chi connectivity index (χ1v) is 6.34. The van der Waals surface area contributed by atoms with Gasteiger partial charge in [0.25, 0.3) is 0 Å². The van der Waals surface area contributed by atoms with Gasteiger partial charge in [-0.25, -0.2) is 0 Å². The van der Waals surface area contributed by atoms with Crippen LogP contribution in [0.1, 0.15) is 64.2 Å². The lowest BCUT2D eigenvalue weighted by Gasteiger charge is -2.42. The molecule has 2 saturated carbocycles. The van der Waals surface area contributed by atoms with E-state index in [2.05, 4.69) is 5.92 Å². The van der Waals surface area contributed by atoms with Crippen LogP contribution in [0, 0.1) is 17.8 Å². The van der Waals surface area contributed by atoms with Crippen LogP contribution in [-0.2, 0) is 0 Å². The lowest BCUT2D eigenvalue weighted by molar-refractivity contribution is -0.0376. The Morgan fingerprint density at radius 3 is 2.13 bits per heavy atom. The Morgan fingerprint density at radius 2 is 1.60 bits per heavy atom. The number of hydrogen-bond acceptors (Lipinski definition) is 1. The SMILES string of the molecule is C#CCCC1(O)CCC2(CCCC2)CC1. The van der Waals surface area contributed by atoms with Crippen molar-refractivity contribution in [3.8, 4) is 12.3 Å². The van der Waals surface area contributed by atoms with Gasteiger partial charge in [0, 0.05) is 6.42 Å². The van der Waals surface area contributed by atoms with Crippen molar-refractivity contribution < 1.29 is 5.11 Å². The van der Waals surface area contributed by atoms with Gasteiger partial charge >= 0.3 is 0 Å². The van der Waals surface area contributed by atoms with Gasteiger partial charge in [0.1, 0.15) is 0 Å². The molecular weight excluding hydrogens is 184 g/mol. The van der Waals surface area contributed by atoms with Crippen LogP contribution in [0.2, 0.25) is 0 Å². The Kier molecular flexibility index (Phi) is 3.07. The number of rotatable bonds is 2. The van der Waals surface area contributed by atoms with Crippen molar-refractivity contribution in [2.45, 2.75) is 69.8 Å². The highest BCUT2D eigenvalue weighted by atomic mass is 16.3. The van der Waals surface area contributed by atoms with Crippen LogP contribution in [-0.4, -0.2) is 10.7 Å². The maximum atomic E-state index is 10.4. The average Bonchev–Trinajstić information content (AvgIpc) is 2.70. The van der Waals surface area contributed by atoms with E-state index in [0.717, 1.165) is 25.7 Å². The third-order valence-corrected chi connectivity index (χ3v) is 4.64. The van der Waals surface area contributed by atoms with Crippen molar-refractivity contribution in [2.75, 3.05) is 0 Å². The predicted octanol–water partition coefficient (Wildman–Crippen LogP) is 3.27. The Labute approximate surface area is 93.3 Å². The lowest BCUT2D eigenvalue weighted by Crippen LogP contribution is -2.37. The predicted molar refractivity (Wildman–Crippen MR) is 62.4 cm³/mol. The summed E-state index contributed by atoms with van der Waals surface area (Å²) in [7, 11) is 0. The van der Waals surface area contributed by atoms with Crippen LogP contribution >= 0.6 is 0 Å². The Bertz CT molecular complexity index is 245. The topological polar surface area (TPSA) is 20.2 Å². The van der Waals surface area contributed by atoms with Crippen molar-refractivity contribution in [1.29, 1.82) is 0 Å². The zero-order valence-electron chi connectivity index (χ0n) is 9.60. The molecule has 0 aromatic carbocycles. The summed E-state index contributed by atoms with van der Waals surface area (Å²) in [6.07, 6.45) is 16.8. The van der Waals surface area contributed by atoms with Crippen LogP contribution in [0.3, 0.4) is 0 Å². The number of aliphatic hydroxyl groups is 1. The smallest absolute Gasteiger partial charge is 0.0657 e. The molecule has 1 spiro atoms. The van der Waals surface area contributed by atoms with E-state index in [1.807, 2.05) is 0 Å². The van der Waals surface area contributed by atoms with Gasteiger partial charge in [-0.3, -0.25) is 0 Å². The fourth-order valence-corrected chi connectivity index (χ4v) is 3.43. The van der Waals surface area contributed by atoms with Crippen molar-refractivity contribution in [3.05, 3.63) is 0 Å². The first-order chi connectivity index (χ1) is 7.18. The summed E-state index contributed by atoms with van der Waals surface area (Å²) in [4.78, 5) is 0. The van der Waals surface area contributed by atoms with Gasteiger partial charge in [-0.2, -0.15) is 0 Å². The van der Waals surface area contributed by atoms with E-state index in [9.17, 15) is 5.11 Å². The summed E-state index contributed by atoms with van der Waals surface area (Å²) in [6, 6.07) is 0. The minimum absolute atomic E-state index is 0.430. The van der Waals surface area contributed by atoms with Gasteiger partial charge in [0.15, 0.2) is 0 Å². The second kappa shape index (κ2) is 4.18. The molecule has 0 amide bonds. The normalized spacial score (nSPS) is 27.7. The molecule has 2 aliphatic carbocycles. The highest BCUT2D eigenvalue weighted by Crippen LogP contribution is 2.51. The molecule has 0 heterocycles. The third kappa shape index (κ3) is 2.37. The molecule has 0 atom stereocenters. The number of hydrogen-bond donors (Lipinski definition) is 1. The molecule has 1 heteroatoms. The van der Waals surface area contributed by atoms with Gasteiger partial charge < -0.3 is 5.11 Å². The third-order valence-electron chi connectivity index (χ3n) is 4.64. The highest BCUT2D eigenvalue weighted by molar-refractivity contribution is 4.97. The number of terminal acetylenes is 1. The van der Waals surface area contributed by atoms with E-state index >= 15 is 0 Å². The van der Waals surface area contributed by atoms with Crippen molar-refractivity contribution in [3.63, 3.8) is 0 Å². The molecule has 1 nitrogen and oxygen atoms in total. The van der Waals surface area contributed by atoms with Crippen molar-refractivity contribution >= 4 is 0 Å². The molecule has 15 heavy (non-hydrogen) atoms. The molecule has 0 unspecified atom stereocenters. The monoisotopic (exact) mass is 206 g/mol. The maximum absolute atomic E-state index is 10.4. The molecule has 0 radical (unpaired) electrons. The van der Waals surface area contributed by atoms with E-state index in [1.54, 1.807) is 0 Å². The maximum Gasteiger partial charge on any atom is 0.0657 e. The molecular formula is C14H22O.